The van der Waals surface area contributed by atoms with Crippen molar-refractivity contribution in [2.45, 2.75) is 52.0 Å². The Balaban J connectivity index is 1.71. The van der Waals surface area contributed by atoms with Crippen LogP contribution in [0.2, 0.25) is 0 Å². The van der Waals surface area contributed by atoms with Crippen molar-refractivity contribution in [3.8, 4) is 0 Å². The Bertz CT molecular complexity index is 443. The molecule has 2 N–H and O–H groups in total. The summed E-state index contributed by atoms with van der Waals surface area (Å²) in [6.07, 6.45) is 6.91. The summed E-state index contributed by atoms with van der Waals surface area (Å²) in [6, 6.07) is 2.25. The molecule has 0 aliphatic heterocycles. The second-order valence-electron chi connectivity index (χ2n) is 6.30. The Morgan fingerprint density at radius 3 is 2.78 bits per heavy atom. The maximum Gasteiger partial charge on any atom is 0.0648 e. The van der Waals surface area contributed by atoms with Gasteiger partial charge < -0.3 is 5.73 Å². The predicted molar refractivity (Wildman–Crippen MR) is 72.0 cm³/mol. The van der Waals surface area contributed by atoms with E-state index < -0.39 is 0 Å². The van der Waals surface area contributed by atoms with Gasteiger partial charge >= 0.3 is 0 Å². The number of rotatable bonds is 3. The minimum absolute atomic E-state index is 0.142. The van der Waals surface area contributed by atoms with Crippen molar-refractivity contribution < 1.29 is 0 Å². The molecule has 3 nitrogen and oxygen atoms in total. The molecule has 98 valence electrons. The van der Waals surface area contributed by atoms with Gasteiger partial charge in [0.25, 0.3) is 0 Å². The van der Waals surface area contributed by atoms with Crippen LogP contribution in [0.4, 0.5) is 0 Å². The van der Waals surface area contributed by atoms with Crippen molar-refractivity contribution in [3.05, 3.63) is 23.0 Å². The van der Waals surface area contributed by atoms with E-state index in [1.807, 2.05) is 13.8 Å². The molecule has 2 fully saturated rings. The number of aromatic nitrogens is 2. The van der Waals surface area contributed by atoms with Gasteiger partial charge in [-0.1, -0.05) is 6.42 Å². The summed E-state index contributed by atoms with van der Waals surface area (Å²) < 4.78 is 0. The molecule has 0 saturated heterocycles. The minimum atomic E-state index is 0.142. The molecule has 2 saturated carbocycles. The topological polar surface area (TPSA) is 51.8 Å². The summed E-state index contributed by atoms with van der Waals surface area (Å²) in [7, 11) is 0. The molecule has 3 heteroatoms. The molecule has 2 bridgehead atoms. The summed E-state index contributed by atoms with van der Waals surface area (Å²) in [5.74, 6) is 2.81. The average molecular weight is 245 g/mol. The fourth-order valence-corrected chi connectivity index (χ4v) is 4.06. The van der Waals surface area contributed by atoms with Crippen molar-refractivity contribution in [1.29, 1.82) is 0 Å². The minimum Gasteiger partial charge on any atom is -0.324 e. The largest absolute Gasteiger partial charge is 0.324 e. The van der Waals surface area contributed by atoms with E-state index in [2.05, 4.69) is 16.3 Å². The lowest BCUT2D eigenvalue weighted by molar-refractivity contribution is 0.295. The number of fused-ring (bicyclic) bond motifs is 2. The van der Waals surface area contributed by atoms with Gasteiger partial charge in [-0.15, -0.1) is 0 Å². The van der Waals surface area contributed by atoms with Crippen LogP contribution in [-0.4, -0.2) is 10.2 Å². The first-order valence-corrected chi connectivity index (χ1v) is 7.20. The number of hydrogen-bond donors (Lipinski definition) is 1. The van der Waals surface area contributed by atoms with Crippen LogP contribution in [0.15, 0.2) is 6.07 Å². The maximum atomic E-state index is 6.41. The summed E-state index contributed by atoms with van der Waals surface area (Å²) in [6.45, 7) is 4.00. The molecule has 1 heterocycles. The van der Waals surface area contributed by atoms with E-state index in [1.54, 1.807) is 0 Å². The molecular formula is C15H23N3. The second kappa shape index (κ2) is 4.61. The smallest absolute Gasteiger partial charge is 0.0648 e. The maximum absolute atomic E-state index is 6.41. The van der Waals surface area contributed by atoms with Gasteiger partial charge in [-0.05, 0) is 68.9 Å². The third-order valence-electron chi connectivity index (χ3n) is 4.98. The molecule has 2 aliphatic rings. The first-order valence-electron chi connectivity index (χ1n) is 7.20. The standard InChI is InChI=1S/C15H23N3/c1-9-5-14(10(2)18-17-9)15(16)8-13-7-11-3-4-12(13)6-11/h5,11-13,15H,3-4,6-8,16H2,1-2H3. The van der Waals surface area contributed by atoms with E-state index in [0.717, 1.165) is 35.6 Å². The molecule has 3 rings (SSSR count). The molecule has 1 aromatic heterocycles. The third kappa shape index (κ3) is 2.16. The van der Waals surface area contributed by atoms with Crippen LogP contribution in [0.25, 0.3) is 0 Å². The normalized spacial score (nSPS) is 31.8. The lowest BCUT2D eigenvalue weighted by Gasteiger charge is -2.25. The van der Waals surface area contributed by atoms with Gasteiger partial charge in [0.15, 0.2) is 0 Å². The van der Waals surface area contributed by atoms with Crippen molar-refractivity contribution in [2.75, 3.05) is 0 Å². The fraction of sp³-hybridized carbons (Fsp3) is 0.733. The molecule has 4 atom stereocenters. The van der Waals surface area contributed by atoms with E-state index in [4.69, 9.17) is 5.73 Å². The predicted octanol–water partition coefficient (Wildman–Crippen LogP) is 2.92. The number of aryl methyl sites for hydroxylation is 2. The van der Waals surface area contributed by atoms with Gasteiger partial charge in [-0.3, -0.25) is 0 Å². The molecule has 0 spiro atoms. The first-order chi connectivity index (χ1) is 8.63. The van der Waals surface area contributed by atoms with E-state index >= 15 is 0 Å². The third-order valence-corrected chi connectivity index (χ3v) is 4.98. The van der Waals surface area contributed by atoms with E-state index in [9.17, 15) is 0 Å². The van der Waals surface area contributed by atoms with Gasteiger partial charge in [0.1, 0.15) is 0 Å². The molecule has 1 aromatic rings. The molecule has 4 unspecified atom stereocenters. The number of nitrogens with zero attached hydrogens (tertiary/aromatic N) is 2. The van der Waals surface area contributed by atoms with Crippen LogP contribution in [0, 0.1) is 31.6 Å². The lowest BCUT2D eigenvalue weighted by atomic mass is 9.83. The highest BCUT2D eigenvalue weighted by Crippen LogP contribution is 2.50. The van der Waals surface area contributed by atoms with Gasteiger partial charge in [-0.2, -0.15) is 10.2 Å². The van der Waals surface area contributed by atoms with Crippen LogP contribution in [0.1, 0.15) is 55.1 Å². The Morgan fingerprint density at radius 2 is 2.11 bits per heavy atom. The Kier molecular flexibility index (Phi) is 3.10. The summed E-state index contributed by atoms with van der Waals surface area (Å²) in [5.41, 5.74) is 9.58. The van der Waals surface area contributed by atoms with Crippen molar-refractivity contribution in [2.24, 2.45) is 23.5 Å². The van der Waals surface area contributed by atoms with Gasteiger partial charge in [0.05, 0.1) is 11.4 Å². The Labute approximate surface area is 109 Å². The monoisotopic (exact) mass is 245 g/mol. The van der Waals surface area contributed by atoms with Gasteiger partial charge in [-0.25, -0.2) is 0 Å². The molecule has 2 aliphatic carbocycles. The van der Waals surface area contributed by atoms with Crippen LogP contribution in [0.3, 0.4) is 0 Å². The quantitative estimate of drug-likeness (QED) is 0.890. The Morgan fingerprint density at radius 1 is 1.28 bits per heavy atom. The van der Waals surface area contributed by atoms with Crippen LogP contribution in [-0.2, 0) is 0 Å². The summed E-state index contributed by atoms with van der Waals surface area (Å²) in [4.78, 5) is 0. The van der Waals surface area contributed by atoms with Crippen molar-refractivity contribution >= 4 is 0 Å². The SMILES string of the molecule is Cc1cc(C(N)CC2CC3CCC2C3)c(C)nn1. The summed E-state index contributed by atoms with van der Waals surface area (Å²) in [5, 5.41) is 8.28. The highest BCUT2D eigenvalue weighted by Gasteiger charge is 2.39. The Hall–Kier alpha value is -0.960. The summed E-state index contributed by atoms with van der Waals surface area (Å²) >= 11 is 0. The van der Waals surface area contributed by atoms with Crippen molar-refractivity contribution in [1.82, 2.24) is 10.2 Å². The van der Waals surface area contributed by atoms with E-state index in [-0.39, 0.29) is 6.04 Å². The van der Waals surface area contributed by atoms with Crippen LogP contribution in [0.5, 0.6) is 0 Å². The van der Waals surface area contributed by atoms with Gasteiger partial charge in [0.2, 0.25) is 0 Å². The average Bonchev–Trinajstić information content (AvgIpc) is 2.94. The van der Waals surface area contributed by atoms with Gasteiger partial charge in [0, 0.05) is 6.04 Å². The lowest BCUT2D eigenvalue weighted by Crippen LogP contribution is -2.20. The zero-order valence-corrected chi connectivity index (χ0v) is 11.4. The number of hydrogen-bond acceptors (Lipinski definition) is 3. The van der Waals surface area contributed by atoms with Crippen LogP contribution >= 0.6 is 0 Å². The molecule has 0 aromatic carbocycles. The zero-order valence-electron chi connectivity index (χ0n) is 11.4. The molecule has 0 amide bonds. The molecular weight excluding hydrogens is 222 g/mol. The van der Waals surface area contributed by atoms with Crippen LogP contribution < -0.4 is 5.73 Å². The molecule has 18 heavy (non-hydrogen) atoms. The second-order valence-corrected chi connectivity index (χ2v) is 6.30. The highest BCUT2D eigenvalue weighted by atomic mass is 15.1. The number of nitrogens with two attached hydrogens (primary N) is 1. The van der Waals surface area contributed by atoms with E-state index in [0.29, 0.717) is 0 Å². The molecule has 0 radical (unpaired) electrons. The van der Waals surface area contributed by atoms with E-state index in [1.165, 1.54) is 31.2 Å². The fourth-order valence-electron chi connectivity index (χ4n) is 4.06. The zero-order chi connectivity index (χ0) is 12.7. The highest BCUT2D eigenvalue weighted by molar-refractivity contribution is 5.23. The van der Waals surface area contributed by atoms with Crippen molar-refractivity contribution in [3.63, 3.8) is 0 Å². The first kappa shape index (κ1) is 12.1.